The number of thioether (sulfide) groups is 1. The van der Waals surface area contributed by atoms with Gasteiger partial charge in [0.15, 0.2) is 0 Å². The van der Waals surface area contributed by atoms with E-state index in [1.54, 1.807) is 38.6 Å². The number of benzene rings is 2. The van der Waals surface area contributed by atoms with Crippen LogP contribution >= 0.6 is 11.8 Å². The van der Waals surface area contributed by atoms with Gasteiger partial charge in [-0.05, 0) is 56.2 Å². The molecule has 0 saturated carbocycles. The topological polar surface area (TPSA) is 91.2 Å². The molecule has 0 saturated heterocycles. The summed E-state index contributed by atoms with van der Waals surface area (Å²) in [5.74, 6) is 1.13. The van der Waals surface area contributed by atoms with E-state index in [1.807, 2.05) is 17.7 Å². The maximum absolute atomic E-state index is 12.7. The summed E-state index contributed by atoms with van der Waals surface area (Å²) in [6, 6.07) is 11.4. The summed E-state index contributed by atoms with van der Waals surface area (Å²) in [7, 11) is 3.13. The van der Waals surface area contributed by atoms with Crippen LogP contribution in [0.5, 0.6) is 11.5 Å². The van der Waals surface area contributed by atoms with Gasteiger partial charge in [-0.25, -0.2) is 4.68 Å². The fourth-order valence-corrected chi connectivity index (χ4v) is 4.19. The van der Waals surface area contributed by atoms with Crippen molar-refractivity contribution in [3.63, 3.8) is 0 Å². The van der Waals surface area contributed by atoms with Crippen molar-refractivity contribution < 1.29 is 14.3 Å². The van der Waals surface area contributed by atoms with E-state index in [1.165, 1.54) is 22.9 Å². The van der Waals surface area contributed by atoms with Crippen LogP contribution in [0.4, 0.5) is 5.69 Å². The number of carbonyl (C=O) groups excluding carboxylic acids is 1. The SMILES string of the molecule is COc1ccc(OC)c(NC(=O)CSc2nnc(C)c3cnn(-c4ccc(C)c(C)c4)c23)c1. The molecule has 2 aromatic heterocycles. The molecule has 0 atom stereocenters. The second-order valence-corrected chi connectivity index (χ2v) is 8.54. The average molecular weight is 464 g/mol. The lowest BCUT2D eigenvalue weighted by Crippen LogP contribution is -2.15. The number of carbonyl (C=O) groups is 1. The lowest BCUT2D eigenvalue weighted by Gasteiger charge is -2.12. The molecule has 4 aromatic rings. The van der Waals surface area contributed by atoms with E-state index < -0.39 is 0 Å². The summed E-state index contributed by atoms with van der Waals surface area (Å²) in [4.78, 5) is 12.7. The molecule has 0 aliphatic rings. The van der Waals surface area contributed by atoms with Crippen LogP contribution in [-0.4, -0.2) is 45.9 Å². The molecule has 0 aliphatic heterocycles. The summed E-state index contributed by atoms with van der Waals surface area (Å²) >= 11 is 1.31. The Hall–Kier alpha value is -3.59. The number of hydrogen-bond donors (Lipinski definition) is 1. The quantitative estimate of drug-likeness (QED) is 0.404. The van der Waals surface area contributed by atoms with Crippen molar-refractivity contribution in [2.75, 3.05) is 25.3 Å². The molecule has 1 N–H and O–H groups in total. The molecular formula is C24H25N5O3S. The Labute approximate surface area is 196 Å². The third kappa shape index (κ3) is 4.63. The van der Waals surface area contributed by atoms with Crippen molar-refractivity contribution in [2.24, 2.45) is 0 Å². The minimum atomic E-state index is -0.195. The number of fused-ring (bicyclic) bond motifs is 1. The highest BCUT2D eigenvalue weighted by atomic mass is 32.2. The van der Waals surface area contributed by atoms with E-state index in [0.29, 0.717) is 22.2 Å². The van der Waals surface area contributed by atoms with Crippen LogP contribution in [0.25, 0.3) is 16.6 Å². The molecule has 0 fully saturated rings. The molecule has 170 valence electrons. The number of nitrogens with one attached hydrogen (secondary N) is 1. The average Bonchev–Trinajstić information content (AvgIpc) is 3.26. The number of aryl methyl sites for hydroxylation is 3. The Kier molecular flexibility index (Phi) is 6.50. The van der Waals surface area contributed by atoms with Crippen molar-refractivity contribution in [3.05, 3.63) is 59.4 Å². The van der Waals surface area contributed by atoms with E-state index in [4.69, 9.17) is 9.47 Å². The van der Waals surface area contributed by atoms with Crippen molar-refractivity contribution in [1.82, 2.24) is 20.0 Å². The third-order valence-electron chi connectivity index (χ3n) is 5.41. The molecule has 0 bridgehead atoms. The van der Waals surface area contributed by atoms with Gasteiger partial charge < -0.3 is 14.8 Å². The number of nitrogens with zero attached hydrogens (tertiary/aromatic N) is 4. The van der Waals surface area contributed by atoms with Crippen LogP contribution in [0.2, 0.25) is 0 Å². The maximum Gasteiger partial charge on any atom is 0.234 e. The zero-order valence-electron chi connectivity index (χ0n) is 19.2. The zero-order valence-corrected chi connectivity index (χ0v) is 20.0. The van der Waals surface area contributed by atoms with E-state index in [0.717, 1.165) is 22.3 Å². The summed E-state index contributed by atoms with van der Waals surface area (Å²) < 4.78 is 12.4. The Morgan fingerprint density at radius 3 is 2.58 bits per heavy atom. The fourth-order valence-electron chi connectivity index (χ4n) is 3.42. The molecule has 0 aliphatic carbocycles. The van der Waals surface area contributed by atoms with Gasteiger partial charge in [-0.1, -0.05) is 17.8 Å². The number of rotatable bonds is 7. The van der Waals surface area contributed by atoms with E-state index in [9.17, 15) is 4.79 Å². The second-order valence-electron chi connectivity index (χ2n) is 7.58. The molecule has 1 amide bonds. The standard InChI is InChI=1S/C24H25N5O3S/c1-14-6-7-17(10-15(14)2)29-23-19(12-25-29)16(3)27-28-24(23)33-13-22(30)26-20-11-18(31-4)8-9-21(20)32-5/h6-12H,13H2,1-5H3,(H,26,30). The highest BCUT2D eigenvalue weighted by Crippen LogP contribution is 2.31. The summed E-state index contributed by atoms with van der Waals surface area (Å²) in [6.07, 6.45) is 1.79. The van der Waals surface area contributed by atoms with Gasteiger partial charge in [0.2, 0.25) is 5.91 Å². The summed E-state index contributed by atoms with van der Waals surface area (Å²) in [6.45, 7) is 6.05. The molecule has 4 rings (SSSR count). The van der Waals surface area contributed by atoms with Crippen molar-refractivity contribution in [2.45, 2.75) is 25.8 Å². The lowest BCUT2D eigenvalue weighted by atomic mass is 10.1. The summed E-state index contributed by atoms with van der Waals surface area (Å²) in [5, 5.41) is 17.7. The van der Waals surface area contributed by atoms with Crippen molar-refractivity contribution >= 4 is 34.3 Å². The van der Waals surface area contributed by atoms with Crippen molar-refractivity contribution in [1.29, 1.82) is 0 Å². The molecule has 0 unspecified atom stereocenters. The maximum atomic E-state index is 12.7. The predicted octanol–water partition coefficient (Wildman–Crippen LogP) is 4.49. The summed E-state index contributed by atoms with van der Waals surface area (Å²) in [5.41, 5.74) is 5.49. The Balaban J connectivity index is 1.60. The molecule has 0 spiro atoms. The van der Waals surface area contributed by atoms with Gasteiger partial charge in [0, 0.05) is 11.5 Å². The number of amides is 1. The highest BCUT2D eigenvalue weighted by molar-refractivity contribution is 8.00. The van der Waals surface area contributed by atoms with Crippen LogP contribution in [0.15, 0.2) is 47.6 Å². The molecule has 2 heterocycles. The number of hydrogen-bond acceptors (Lipinski definition) is 7. The second kappa shape index (κ2) is 9.50. The number of ether oxygens (including phenoxy) is 2. The lowest BCUT2D eigenvalue weighted by molar-refractivity contribution is -0.113. The van der Waals surface area contributed by atoms with Crippen molar-refractivity contribution in [3.8, 4) is 17.2 Å². The first-order valence-electron chi connectivity index (χ1n) is 10.3. The van der Waals surface area contributed by atoms with Crippen LogP contribution in [0, 0.1) is 20.8 Å². The highest BCUT2D eigenvalue weighted by Gasteiger charge is 2.17. The Morgan fingerprint density at radius 2 is 1.85 bits per heavy atom. The van der Waals surface area contributed by atoms with E-state index >= 15 is 0 Å². The van der Waals surface area contributed by atoms with Crippen LogP contribution in [0.1, 0.15) is 16.8 Å². The van der Waals surface area contributed by atoms with Gasteiger partial charge in [0.1, 0.15) is 22.0 Å². The molecule has 8 nitrogen and oxygen atoms in total. The third-order valence-corrected chi connectivity index (χ3v) is 6.36. The molecule has 2 aromatic carbocycles. The smallest absolute Gasteiger partial charge is 0.234 e. The minimum Gasteiger partial charge on any atom is -0.497 e. The molecule has 33 heavy (non-hydrogen) atoms. The van der Waals surface area contributed by atoms with Gasteiger partial charge in [0.05, 0.1) is 43.2 Å². The van der Waals surface area contributed by atoms with Gasteiger partial charge >= 0.3 is 0 Å². The van der Waals surface area contributed by atoms with Gasteiger partial charge in [0.25, 0.3) is 0 Å². The van der Waals surface area contributed by atoms with E-state index in [-0.39, 0.29) is 11.7 Å². The normalized spacial score (nSPS) is 10.9. The van der Waals surface area contributed by atoms with Gasteiger partial charge in [-0.15, -0.1) is 5.10 Å². The van der Waals surface area contributed by atoms with Gasteiger partial charge in [-0.3, -0.25) is 4.79 Å². The fraction of sp³-hybridized carbons (Fsp3) is 0.250. The zero-order chi connectivity index (χ0) is 23.5. The number of anilines is 1. The van der Waals surface area contributed by atoms with Crippen LogP contribution in [-0.2, 0) is 4.79 Å². The molecular weight excluding hydrogens is 438 g/mol. The van der Waals surface area contributed by atoms with Crippen LogP contribution in [0.3, 0.4) is 0 Å². The first-order valence-corrected chi connectivity index (χ1v) is 11.3. The molecule has 0 radical (unpaired) electrons. The molecule has 9 heteroatoms. The van der Waals surface area contributed by atoms with E-state index in [2.05, 4.69) is 46.6 Å². The Morgan fingerprint density at radius 1 is 1.03 bits per heavy atom. The number of aromatic nitrogens is 4. The number of methoxy groups -OCH3 is 2. The Bertz CT molecular complexity index is 1340. The largest absolute Gasteiger partial charge is 0.497 e. The monoisotopic (exact) mass is 463 g/mol. The minimum absolute atomic E-state index is 0.144. The first kappa shape index (κ1) is 22.6. The van der Waals surface area contributed by atoms with Crippen LogP contribution < -0.4 is 14.8 Å². The van der Waals surface area contributed by atoms with Gasteiger partial charge in [-0.2, -0.15) is 10.2 Å². The predicted molar refractivity (Wildman–Crippen MR) is 130 cm³/mol. The first-order chi connectivity index (χ1) is 15.9.